The lowest BCUT2D eigenvalue weighted by Gasteiger charge is -2.34. The van der Waals surface area contributed by atoms with Gasteiger partial charge in [-0.1, -0.05) is 6.07 Å². The van der Waals surface area contributed by atoms with Gasteiger partial charge in [-0.15, -0.1) is 0 Å². The van der Waals surface area contributed by atoms with Gasteiger partial charge in [-0.05, 0) is 74.2 Å². The first-order chi connectivity index (χ1) is 12.9. The predicted octanol–water partition coefficient (Wildman–Crippen LogP) is 3.44. The molecule has 0 bridgehead atoms. The third-order valence-electron chi connectivity index (χ3n) is 5.01. The average molecular weight is 388 g/mol. The zero-order chi connectivity index (χ0) is 19.6. The number of benzene rings is 1. The zero-order valence-electron chi connectivity index (χ0n) is 15.9. The first-order valence-electron chi connectivity index (χ1n) is 9.10. The number of carbonyl (C=O) groups excluding carboxylic acids is 3. The molecule has 1 aromatic carbocycles. The number of rotatable bonds is 4. The van der Waals surface area contributed by atoms with Gasteiger partial charge >= 0.3 is 0 Å². The highest BCUT2D eigenvalue weighted by Crippen LogP contribution is 2.33. The minimum absolute atomic E-state index is 0.156. The minimum atomic E-state index is -0.406. The van der Waals surface area contributed by atoms with Crippen molar-refractivity contribution in [3.05, 3.63) is 34.2 Å². The van der Waals surface area contributed by atoms with E-state index in [1.54, 1.807) is 18.1 Å². The van der Waals surface area contributed by atoms with Crippen LogP contribution in [0.1, 0.15) is 37.3 Å². The second kappa shape index (κ2) is 8.17. The van der Waals surface area contributed by atoms with Crippen LogP contribution in [-0.4, -0.2) is 53.1 Å². The van der Waals surface area contributed by atoms with E-state index >= 15 is 0 Å². The summed E-state index contributed by atoms with van der Waals surface area (Å²) in [5.41, 5.74) is 1.76. The Balaban J connectivity index is 1.73. The van der Waals surface area contributed by atoms with Crippen LogP contribution in [0.15, 0.2) is 23.1 Å². The molecule has 0 unspecified atom stereocenters. The summed E-state index contributed by atoms with van der Waals surface area (Å²) < 4.78 is 5.24. The Morgan fingerprint density at radius 3 is 2.78 bits per heavy atom. The molecule has 6 nitrogen and oxygen atoms in total. The van der Waals surface area contributed by atoms with Gasteiger partial charge in [0.25, 0.3) is 11.1 Å². The van der Waals surface area contributed by atoms with Crippen molar-refractivity contribution in [2.45, 2.75) is 39.2 Å². The number of thioether (sulfide) groups is 1. The summed E-state index contributed by atoms with van der Waals surface area (Å²) in [6, 6.07) is 5.71. The van der Waals surface area contributed by atoms with Crippen molar-refractivity contribution in [3.8, 4) is 5.75 Å². The van der Waals surface area contributed by atoms with E-state index in [1.165, 1.54) is 0 Å². The third-order valence-corrected chi connectivity index (χ3v) is 5.91. The third kappa shape index (κ3) is 4.18. The number of likely N-dealkylation sites (tertiary alicyclic amines) is 1. The molecule has 1 atom stereocenters. The molecule has 0 N–H and O–H groups in total. The molecule has 0 radical (unpaired) electrons. The maximum absolute atomic E-state index is 12.6. The molecule has 3 rings (SSSR count). The van der Waals surface area contributed by atoms with E-state index in [0.29, 0.717) is 11.4 Å². The fourth-order valence-electron chi connectivity index (χ4n) is 3.47. The van der Waals surface area contributed by atoms with Gasteiger partial charge in [0.2, 0.25) is 5.91 Å². The van der Waals surface area contributed by atoms with E-state index in [4.69, 9.17) is 4.74 Å². The number of methoxy groups -OCH3 is 1. The lowest BCUT2D eigenvalue weighted by molar-refractivity contribution is -0.138. The van der Waals surface area contributed by atoms with Gasteiger partial charge in [0.05, 0.1) is 12.0 Å². The zero-order valence-corrected chi connectivity index (χ0v) is 16.7. The van der Waals surface area contributed by atoms with Crippen LogP contribution in [0.5, 0.6) is 5.75 Å². The largest absolute Gasteiger partial charge is 0.496 e. The smallest absolute Gasteiger partial charge is 0.294 e. The van der Waals surface area contributed by atoms with Gasteiger partial charge in [0, 0.05) is 12.6 Å². The highest BCUT2D eigenvalue weighted by Gasteiger charge is 2.37. The van der Waals surface area contributed by atoms with E-state index < -0.39 is 11.1 Å². The molecule has 2 heterocycles. The number of hydrogen-bond donors (Lipinski definition) is 0. The van der Waals surface area contributed by atoms with Gasteiger partial charge in [0.15, 0.2) is 0 Å². The fourth-order valence-corrected chi connectivity index (χ4v) is 4.31. The Morgan fingerprint density at radius 1 is 1.33 bits per heavy atom. The van der Waals surface area contributed by atoms with Crippen molar-refractivity contribution >= 4 is 34.9 Å². The molecular formula is C20H24N2O4S. The maximum atomic E-state index is 12.6. The Labute approximate surface area is 163 Å². The Hall–Kier alpha value is -2.28. The molecule has 2 saturated heterocycles. The predicted molar refractivity (Wildman–Crippen MR) is 105 cm³/mol. The van der Waals surface area contributed by atoms with Crippen LogP contribution in [0.4, 0.5) is 4.79 Å². The van der Waals surface area contributed by atoms with Crippen LogP contribution < -0.4 is 4.74 Å². The standard InChI is InChI=1S/C20H24N2O4S/c1-13-10-15(7-8-16(13)26-3)11-17-19(24)22(20(25)27-17)12-18(23)21-9-5-4-6-14(21)2/h7-8,10-11,14H,4-6,9,12H2,1-3H3/b17-11-/t14-/m0/s1. The first-order valence-corrected chi connectivity index (χ1v) is 9.92. The second-order valence-electron chi connectivity index (χ2n) is 6.93. The molecule has 2 fully saturated rings. The van der Waals surface area contributed by atoms with Crippen LogP contribution in [0, 0.1) is 6.92 Å². The normalized spacial score (nSPS) is 21.9. The van der Waals surface area contributed by atoms with E-state index in [0.717, 1.165) is 52.8 Å². The van der Waals surface area contributed by atoms with E-state index in [-0.39, 0.29) is 18.5 Å². The number of amides is 3. The number of aryl methyl sites for hydroxylation is 1. The fraction of sp³-hybridized carbons (Fsp3) is 0.450. The average Bonchev–Trinajstić information content (AvgIpc) is 2.89. The van der Waals surface area contributed by atoms with Gasteiger partial charge in [-0.2, -0.15) is 0 Å². The monoisotopic (exact) mass is 388 g/mol. The second-order valence-corrected chi connectivity index (χ2v) is 7.92. The van der Waals surface area contributed by atoms with Crippen LogP contribution in [0.2, 0.25) is 0 Å². The van der Waals surface area contributed by atoms with E-state index in [9.17, 15) is 14.4 Å². The lowest BCUT2D eigenvalue weighted by atomic mass is 10.0. The summed E-state index contributed by atoms with van der Waals surface area (Å²) in [4.78, 5) is 40.7. The molecule has 27 heavy (non-hydrogen) atoms. The summed E-state index contributed by atoms with van der Waals surface area (Å²) in [6.07, 6.45) is 4.72. The highest BCUT2D eigenvalue weighted by atomic mass is 32.2. The van der Waals surface area contributed by atoms with Crippen LogP contribution in [-0.2, 0) is 9.59 Å². The molecule has 1 aromatic rings. The van der Waals surface area contributed by atoms with Crippen molar-refractivity contribution < 1.29 is 19.1 Å². The van der Waals surface area contributed by atoms with Crippen molar-refractivity contribution in [3.63, 3.8) is 0 Å². The minimum Gasteiger partial charge on any atom is -0.496 e. The summed E-state index contributed by atoms with van der Waals surface area (Å²) >= 11 is 0.878. The highest BCUT2D eigenvalue weighted by molar-refractivity contribution is 8.18. The topological polar surface area (TPSA) is 66.9 Å². The number of piperidine rings is 1. The SMILES string of the molecule is COc1ccc(/C=C2\SC(=O)N(CC(=O)N3CCCC[C@@H]3C)C2=O)cc1C. The van der Waals surface area contributed by atoms with Gasteiger partial charge < -0.3 is 9.64 Å². The summed E-state index contributed by atoms with van der Waals surface area (Å²) in [5.74, 6) is 0.198. The van der Waals surface area contributed by atoms with Gasteiger partial charge in [0.1, 0.15) is 12.3 Å². The van der Waals surface area contributed by atoms with Crippen LogP contribution in [0.3, 0.4) is 0 Å². The van der Waals surface area contributed by atoms with Crippen molar-refractivity contribution in [2.24, 2.45) is 0 Å². The van der Waals surface area contributed by atoms with Crippen molar-refractivity contribution in [2.75, 3.05) is 20.2 Å². The quantitative estimate of drug-likeness (QED) is 0.739. The molecule has 3 amide bonds. The van der Waals surface area contributed by atoms with Crippen LogP contribution >= 0.6 is 11.8 Å². The summed E-state index contributed by atoms with van der Waals surface area (Å²) in [7, 11) is 1.60. The Morgan fingerprint density at radius 2 is 2.11 bits per heavy atom. The number of carbonyl (C=O) groups is 3. The summed E-state index contributed by atoms with van der Waals surface area (Å²) in [5, 5.41) is -0.394. The number of imide groups is 1. The molecule has 0 spiro atoms. The molecule has 0 saturated carbocycles. The molecule has 2 aliphatic rings. The molecule has 2 aliphatic heterocycles. The lowest BCUT2D eigenvalue weighted by Crippen LogP contribution is -2.47. The Bertz CT molecular complexity index is 805. The van der Waals surface area contributed by atoms with Gasteiger partial charge in [-0.25, -0.2) is 0 Å². The van der Waals surface area contributed by atoms with E-state index in [1.807, 2.05) is 32.0 Å². The Kier molecular flexibility index (Phi) is 5.89. The van der Waals surface area contributed by atoms with Crippen molar-refractivity contribution in [1.82, 2.24) is 9.80 Å². The molecular weight excluding hydrogens is 364 g/mol. The molecule has 0 aromatic heterocycles. The first kappa shape index (κ1) is 19.5. The van der Waals surface area contributed by atoms with Crippen LogP contribution in [0.25, 0.3) is 6.08 Å². The summed E-state index contributed by atoms with van der Waals surface area (Å²) in [6.45, 7) is 4.43. The van der Waals surface area contributed by atoms with Gasteiger partial charge in [-0.3, -0.25) is 19.3 Å². The van der Waals surface area contributed by atoms with Crippen molar-refractivity contribution in [1.29, 1.82) is 0 Å². The van der Waals surface area contributed by atoms with E-state index in [2.05, 4.69) is 0 Å². The molecule has 7 heteroatoms. The molecule has 0 aliphatic carbocycles. The number of hydrogen-bond acceptors (Lipinski definition) is 5. The maximum Gasteiger partial charge on any atom is 0.294 e. The number of nitrogens with zero attached hydrogens (tertiary/aromatic N) is 2. The molecule has 144 valence electrons. The number of ether oxygens (including phenoxy) is 1.